The lowest BCUT2D eigenvalue weighted by molar-refractivity contribution is -0.149. The molecule has 1 aliphatic carbocycles. The summed E-state index contributed by atoms with van der Waals surface area (Å²) in [5.74, 6) is 2.12. The van der Waals surface area contributed by atoms with Gasteiger partial charge in [0.05, 0.1) is 26.1 Å². The summed E-state index contributed by atoms with van der Waals surface area (Å²) < 4.78 is 24.5. The van der Waals surface area contributed by atoms with Crippen molar-refractivity contribution < 1.29 is 23.5 Å². The van der Waals surface area contributed by atoms with Gasteiger partial charge in [-0.15, -0.1) is 0 Å². The van der Waals surface area contributed by atoms with Crippen LogP contribution in [-0.2, 0) is 20.9 Å². The van der Waals surface area contributed by atoms with Crippen LogP contribution in [0.25, 0.3) is 11.1 Å². The van der Waals surface area contributed by atoms with E-state index < -0.39 is 0 Å². The van der Waals surface area contributed by atoms with Crippen LogP contribution in [0.5, 0.6) is 5.75 Å². The number of amidine groups is 1. The van der Waals surface area contributed by atoms with E-state index in [4.69, 9.17) is 14.3 Å². The molecule has 7 nitrogen and oxygen atoms in total. The largest absolute Gasteiger partial charge is 0.496 e. The summed E-state index contributed by atoms with van der Waals surface area (Å²) in [6.07, 6.45) is 4.79. The van der Waals surface area contributed by atoms with Crippen LogP contribution in [0.1, 0.15) is 56.1 Å². The van der Waals surface area contributed by atoms with E-state index in [9.17, 15) is 9.18 Å². The molecule has 3 heterocycles. The molecule has 3 fully saturated rings. The average molecular weight is 522 g/mol. The van der Waals surface area contributed by atoms with Gasteiger partial charge >= 0.3 is 5.97 Å². The number of carbonyl (C=O) groups is 1. The number of methoxy groups -OCH3 is 1. The standard InChI is InChI=1S/C30H36FN3O4/c1-3-37-29(35)22-10-12-34(13-11-22)28-16-30(38-32-28)18-33(19-30)17-23-14-25(20-4-5-20)26(15-27(23)36-2)21-6-8-24(31)9-7-21/h6-9,14-15,20,22H,3-5,10-13,16-19H2,1-2H3. The van der Waals surface area contributed by atoms with Crippen molar-refractivity contribution >= 4 is 11.8 Å². The van der Waals surface area contributed by atoms with Gasteiger partial charge in [-0.25, -0.2) is 4.39 Å². The van der Waals surface area contributed by atoms with Gasteiger partial charge in [0.25, 0.3) is 0 Å². The van der Waals surface area contributed by atoms with Crippen LogP contribution in [0.4, 0.5) is 4.39 Å². The van der Waals surface area contributed by atoms with E-state index in [2.05, 4.69) is 27.1 Å². The molecule has 38 heavy (non-hydrogen) atoms. The van der Waals surface area contributed by atoms with E-state index >= 15 is 0 Å². The van der Waals surface area contributed by atoms with E-state index in [0.717, 1.165) is 74.7 Å². The van der Waals surface area contributed by atoms with Crippen molar-refractivity contribution in [2.45, 2.75) is 57.1 Å². The third-order valence-electron chi connectivity index (χ3n) is 8.35. The molecule has 2 aromatic rings. The summed E-state index contributed by atoms with van der Waals surface area (Å²) in [6.45, 7) is 6.34. The molecule has 6 rings (SSSR count). The molecule has 0 radical (unpaired) electrons. The minimum atomic E-state index is -0.256. The summed E-state index contributed by atoms with van der Waals surface area (Å²) in [4.78, 5) is 22.7. The lowest BCUT2D eigenvalue weighted by Crippen LogP contribution is -2.61. The fourth-order valence-electron chi connectivity index (χ4n) is 6.16. The molecule has 2 aromatic carbocycles. The van der Waals surface area contributed by atoms with Gasteiger partial charge in [-0.2, -0.15) is 0 Å². The van der Waals surface area contributed by atoms with Crippen LogP contribution in [0.2, 0.25) is 0 Å². The normalized spacial score (nSPS) is 21.1. The van der Waals surface area contributed by atoms with Gasteiger partial charge in [-0.1, -0.05) is 17.3 Å². The Morgan fingerprint density at radius 2 is 1.87 bits per heavy atom. The molecule has 0 bridgehead atoms. The van der Waals surface area contributed by atoms with Crippen molar-refractivity contribution in [2.75, 3.05) is 39.9 Å². The van der Waals surface area contributed by atoms with Crippen molar-refractivity contribution in [1.82, 2.24) is 9.80 Å². The first-order chi connectivity index (χ1) is 18.5. The topological polar surface area (TPSA) is 63.6 Å². The van der Waals surface area contributed by atoms with Crippen LogP contribution in [0, 0.1) is 11.7 Å². The maximum Gasteiger partial charge on any atom is 0.309 e. The fraction of sp³-hybridized carbons (Fsp3) is 0.533. The second-order valence-corrected chi connectivity index (χ2v) is 11.1. The number of esters is 1. The molecule has 0 unspecified atom stereocenters. The molecule has 8 heteroatoms. The third kappa shape index (κ3) is 4.98. The molecule has 1 saturated carbocycles. The number of hydrogen-bond acceptors (Lipinski definition) is 7. The molecule has 202 valence electrons. The highest BCUT2D eigenvalue weighted by molar-refractivity contribution is 5.84. The maximum atomic E-state index is 13.5. The molecule has 0 aromatic heterocycles. The summed E-state index contributed by atoms with van der Waals surface area (Å²) in [5, 5.41) is 4.46. The number of carbonyl (C=O) groups excluding carboxylic acids is 1. The Hall–Kier alpha value is -3.13. The molecular formula is C30H36FN3O4. The summed E-state index contributed by atoms with van der Waals surface area (Å²) >= 11 is 0. The highest BCUT2D eigenvalue weighted by Gasteiger charge is 2.51. The molecule has 0 amide bonds. The fourth-order valence-corrected chi connectivity index (χ4v) is 6.16. The van der Waals surface area contributed by atoms with Gasteiger partial charge in [-0.05, 0) is 79.5 Å². The quantitative estimate of drug-likeness (QED) is 0.481. The minimum absolute atomic E-state index is 0.00719. The Balaban J connectivity index is 1.08. The zero-order chi connectivity index (χ0) is 26.3. The Morgan fingerprint density at radius 1 is 1.13 bits per heavy atom. The zero-order valence-corrected chi connectivity index (χ0v) is 22.2. The highest BCUT2D eigenvalue weighted by Crippen LogP contribution is 2.47. The van der Waals surface area contributed by atoms with Crippen molar-refractivity contribution in [3.63, 3.8) is 0 Å². The van der Waals surface area contributed by atoms with E-state index in [1.807, 2.05) is 19.1 Å². The highest BCUT2D eigenvalue weighted by atomic mass is 19.1. The van der Waals surface area contributed by atoms with Gasteiger partial charge < -0.3 is 19.2 Å². The number of likely N-dealkylation sites (tertiary alicyclic amines) is 2. The number of hydrogen-bond donors (Lipinski definition) is 0. The Kier molecular flexibility index (Phi) is 6.76. The number of halogens is 1. The van der Waals surface area contributed by atoms with Crippen LogP contribution >= 0.6 is 0 Å². The van der Waals surface area contributed by atoms with Gasteiger partial charge in [-0.3, -0.25) is 9.69 Å². The van der Waals surface area contributed by atoms with Crippen molar-refractivity contribution in [3.05, 3.63) is 53.3 Å². The van der Waals surface area contributed by atoms with Crippen molar-refractivity contribution in [1.29, 1.82) is 0 Å². The lowest BCUT2D eigenvalue weighted by Gasteiger charge is -2.45. The first-order valence-electron chi connectivity index (χ1n) is 13.8. The van der Waals surface area contributed by atoms with E-state index in [-0.39, 0.29) is 23.3 Å². The molecule has 2 saturated heterocycles. The Bertz CT molecular complexity index is 1210. The Labute approximate surface area is 223 Å². The van der Waals surface area contributed by atoms with Crippen LogP contribution in [0.3, 0.4) is 0 Å². The van der Waals surface area contributed by atoms with Crippen molar-refractivity contribution in [2.24, 2.45) is 11.1 Å². The number of piperidine rings is 1. The first kappa shape index (κ1) is 25.2. The summed E-state index contributed by atoms with van der Waals surface area (Å²) in [5.41, 5.74) is 4.41. The molecule has 1 spiro atoms. The summed E-state index contributed by atoms with van der Waals surface area (Å²) in [7, 11) is 1.72. The van der Waals surface area contributed by atoms with Gasteiger partial charge in [0.15, 0.2) is 5.60 Å². The molecular weight excluding hydrogens is 485 g/mol. The first-order valence-corrected chi connectivity index (χ1v) is 13.8. The maximum absolute atomic E-state index is 13.5. The van der Waals surface area contributed by atoms with E-state index in [0.29, 0.717) is 12.5 Å². The molecule has 3 aliphatic heterocycles. The third-order valence-corrected chi connectivity index (χ3v) is 8.35. The number of rotatable bonds is 7. The SMILES string of the molecule is CCOC(=O)C1CCN(C2=NOC3(C2)CN(Cc2cc(C4CC4)c(-c4ccc(F)cc4)cc2OC)C3)CC1. The monoisotopic (exact) mass is 521 g/mol. The van der Waals surface area contributed by atoms with Crippen molar-refractivity contribution in [3.8, 4) is 16.9 Å². The van der Waals surface area contributed by atoms with Crippen LogP contribution in [-0.4, -0.2) is 67.1 Å². The predicted octanol–water partition coefficient (Wildman–Crippen LogP) is 4.94. The number of oxime groups is 1. The molecule has 0 atom stereocenters. The second-order valence-electron chi connectivity index (χ2n) is 11.1. The van der Waals surface area contributed by atoms with Gasteiger partial charge in [0.2, 0.25) is 0 Å². The van der Waals surface area contributed by atoms with Gasteiger partial charge in [0, 0.05) is 38.3 Å². The number of benzene rings is 2. The lowest BCUT2D eigenvalue weighted by atomic mass is 9.88. The number of ether oxygens (including phenoxy) is 2. The van der Waals surface area contributed by atoms with E-state index in [1.165, 1.54) is 36.1 Å². The van der Waals surface area contributed by atoms with Gasteiger partial charge in [0.1, 0.15) is 17.4 Å². The predicted molar refractivity (Wildman–Crippen MR) is 142 cm³/mol. The van der Waals surface area contributed by atoms with Crippen LogP contribution < -0.4 is 4.74 Å². The Morgan fingerprint density at radius 3 is 2.53 bits per heavy atom. The number of nitrogens with zero attached hydrogens (tertiary/aromatic N) is 3. The minimum Gasteiger partial charge on any atom is -0.496 e. The second kappa shape index (κ2) is 10.2. The summed E-state index contributed by atoms with van der Waals surface area (Å²) in [6, 6.07) is 11.2. The molecule has 4 aliphatic rings. The van der Waals surface area contributed by atoms with E-state index in [1.54, 1.807) is 7.11 Å². The zero-order valence-electron chi connectivity index (χ0n) is 22.2. The smallest absolute Gasteiger partial charge is 0.309 e. The molecule has 0 N–H and O–H groups in total. The average Bonchev–Trinajstić information content (AvgIpc) is 3.67. The van der Waals surface area contributed by atoms with Crippen LogP contribution in [0.15, 0.2) is 41.6 Å².